The Bertz CT molecular complexity index is 1010. The van der Waals surface area contributed by atoms with Crippen LogP contribution in [0, 0.1) is 13.8 Å². The molecular formula is C24H28N4O. The van der Waals surface area contributed by atoms with Gasteiger partial charge in [-0.15, -0.1) is 0 Å². The molecular weight excluding hydrogens is 360 g/mol. The largest absolute Gasteiger partial charge is 0.370 e. The maximum Gasteiger partial charge on any atom is 0.254 e. The fourth-order valence-electron chi connectivity index (χ4n) is 3.83. The maximum atomic E-state index is 12.0. The SMILES string of the molecule is Cc1nc(-c2ccc(CN3CCCN(c4ccccc4)CC3)cc2)[nH]c(=O)c1C. The molecule has 1 fully saturated rings. The standard InChI is InChI=1S/C24H28N4O/c1-18-19(2)25-23(26-24(18)29)21-11-9-20(10-12-21)17-27-13-6-14-28(16-15-27)22-7-4-3-5-8-22/h3-5,7-12H,6,13-17H2,1-2H3,(H,25,26,29). The van der Waals surface area contributed by atoms with Gasteiger partial charge in [0.1, 0.15) is 5.82 Å². The van der Waals surface area contributed by atoms with Gasteiger partial charge in [0, 0.05) is 55.2 Å². The van der Waals surface area contributed by atoms with Crippen LogP contribution in [0.25, 0.3) is 11.4 Å². The minimum absolute atomic E-state index is 0.0656. The minimum atomic E-state index is -0.0656. The summed E-state index contributed by atoms with van der Waals surface area (Å²) in [6.07, 6.45) is 1.17. The quantitative estimate of drug-likeness (QED) is 0.739. The minimum Gasteiger partial charge on any atom is -0.370 e. The van der Waals surface area contributed by atoms with Crippen molar-refractivity contribution < 1.29 is 0 Å². The number of nitrogens with zero attached hydrogens (tertiary/aromatic N) is 3. The van der Waals surface area contributed by atoms with Gasteiger partial charge in [-0.3, -0.25) is 9.69 Å². The molecule has 3 aromatic rings. The molecule has 1 N–H and O–H groups in total. The number of H-pyrrole nitrogens is 1. The zero-order valence-corrected chi connectivity index (χ0v) is 17.2. The first-order valence-corrected chi connectivity index (χ1v) is 10.3. The number of aryl methyl sites for hydroxylation is 1. The van der Waals surface area contributed by atoms with E-state index in [0.29, 0.717) is 11.4 Å². The molecule has 0 saturated carbocycles. The van der Waals surface area contributed by atoms with Crippen LogP contribution in [0.2, 0.25) is 0 Å². The van der Waals surface area contributed by atoms with Crippen molar-refractivity contribution in [3.63, 3.8) is 0 Å². The number of aromatic nitrogens is 2. The topological polar surface area (TPSA) is 52.2 Å². The molecule has 2 heterocycles. The van der Waals surface area contributed by atoms with Crippen molar-refractivity contribution in [1.29, 1.82) is 0 Å². The number of nitrogens with one attached hydrogen (secondary N) is 1. The van der Waals surface area contributed by atoms with Gasteiger partial charge in [0.25, 0.3) is 5.56 Å². The number of aromatic amines is 1. The van der Waals surface area contributed by atoms with E-state index in [4.69, 9.17) is 0 Å². The second kappa shape index (κ2) is 8.62. The molecule has 1 aliphatic heterocycles. The average molecular weight is 389 g/mol. The van der Waals surface area contributed by atoms with E-state index in [1.54, 1.807) is 6.92 Å². The van der Waals surface area contributed by atoms with E-state index < -0.39 is 0 Å². The number of anilines is 1. The molecule has 0 aliphatic carbocycles. The van der Waals surface area contributed by atoms with Crippen LogP contribution in [0.15, 0.2) is 59.4 Å². The predicted octanol–water partition coefficient (Wildman–Crippen LogP) is 3.77. The first-order valence-electron chi connectivity index (χ1n) is 10.3. The first-order chi connectivity index (χ1) is 14.1. The Morgan fingerprint density at radius 2 is 1.69 bits per heavy atom. The normalized spacial score (nSPS) is 15.3. The van der Waals surface area contributed by atoms with Gasteiger partial charge in [-0.25, -0.2) is 4.98 Å². The van der Waals surface area contributed by atoms with Gasteiger partial charge in [-0.1, -0.05) is 42.5 Å². The van der Waals surface area contributed by atoms with Crippen LogP contribution in [0.1, 0.15) is 23.2 Å². The molecule has 5 nitrogen and oxygen atoms in total. The van der Waals surface area contributed by atoms with Crippen LogP contribution in [0.5, 0.6) is 0 Å². The van der Waals surface area contributed by atoms with E-state index in [2.05, 4.69) is 74.4 Å². The Morgan fingerprint density at radius 1 is 0.931 bits per heavy atom. The van der Waals surface area contributed by atoms with E-state index >= 15 is 0 Å². The summed E-state index contributed by atoms with van der Waals surface area (Å²) >= 11 is 0. The molecule has 29 heavy (non-hydrogen) atoms. The summed E-state index contributed by atoms with van der Waals surface area (Å²) in [6, 6.07) is 19.1. The van der Waals surface area contributed by atoms with Crippen LogP contribution in [0.3, 0.4) is 0 Å². The fourth-order valence-corrected chi connectivity index (χ4v) is 3.83. The Kier molecular flexibility index (Phi) is 5.76. The average Bonchev–Trinajstić information content (AvgIpc) is 2.98. The van der Waals surface area contributed by atoms with Crippen LogP contribution in [0.4, 0.5) is 5.69 Å². The summed E-state index contributed by atoms with van der Waals surface area (Å²) < 4.78 is 0. The molecule has 0 atom stereocenters. The molecule has 1 aliphatic rings. The Hall–Kier alpha value is -2.92. The number of hydrogen-bond acceptors (Lipinski definition) is 4. The molecule has 0 radical (unpaired) electrons. The fraction of sp³-hybridized carbons (Fsp3) is 0.333. The molecule has 2 aromatic carbocycles. The third-order valence-corrected chi connectivity index (χ3v) is 5.74. The Labute approximate surface area is 172 Å². The molecule has 0 amide bonds. The first kappa shape index (κ1) is 19.4. The molecule has 5 heteroatoms. The third kappa shape index (κ3) is 4.57. The van der Waals surface area contributed by atoms with Crippen molar-refractivity contribution >= 4 is 5.69 Å². The van der Waals surface area contributed by atoms with E-state index in [1.807, 2.05) is 6.92 Å². The summed E-state index contributed by atoms with van der Waals surface area (Å²) in [5.41, 5.74) is 4.93. The zero-order chi connectivity index (χ0) is 20.2. The number of rotatable bonds is 4. The molecule has 150 valence electrons. The van der Waals surface area contributed by atoms with E-state index in [9.17, 15) is 4.79 Å². The van der Waals surface area contributed by atoms with Crippen molar-refractivity contribution in [3.8, 4) is 11.4 Å². The second-order valence-electron chi connectivity index (χ2n) is 7.77. The molecule has 1 aromatic heterocycles. The lowest BCUT2D eigenvalue weighted by molar-refractivity contribution is 0.285. The monoisotopic (exact) mass is 388 g/mol. The van der Waals surface area contributed by atoms with Crippen LogP contribution in [-0.4, -0.2) is 41.0 Å². The van der Waals surface area contributed by atoms with E-state index in [-0.39, 0.29) is 5.56 Å². The van der Waals surface area contributed by atoms with Gasteiger partial charge >= 0.3 is 0 Å². The van der Waals surface area contributed by atoms with Crippen molar-refractivity contribution in [1.82, 2.24) is 14.9 Å². The molecule has 0 unspecified atom stereocenters. The Morgan fingerprint density at radius 3 is 2.41 bits per heavy atom. The van der Waals surface area contributed by atoms with Crippen LogP contribution < -0.4 is 10.5 Å². The molecule has 4 rings (SSSR count). The lowest BCUT2D eigenvalue weighted by Crippen LogP contribution is -2.30. The lowest BCUT2D eigenvalue weighted by atomic mass is 10.1. The summed E-state index contributed by atoms with van der Waals surface area (Å²) in [5.74, 6) is 0.637. The van der Waals surface area contributed by atoms with Gasteiger partial charge in [0.15, 0.2) is 0 Å². The zero-order valence-electron chi connectivity index (χ0n) is 17.2. The Balaban J connectivity index is 1.41. The summed E-state index contributed by atoms with van der Waals surface area (Å²) in [4.78, 5) is 24.4. The lowest BCUT2D eigenvalue weighted by Gasteiger charge is -2.23. The van der Waals surface area contributed by atoms with Gasteiger partial charge in [0.2, 0.25) is 0 Å². The number of hydrogen-bond donors (Lipinski definition) is 1. The van der Waals surface area contributed by atoms with E-state index in [0.717, 1.165) is 44.0 Å². The number of benzene rings is 2. The van der Waals surface area contributed by atoms with Crippen LogP contribution >= 0.6 is 0 Å². The number of para-hydroxylation sites is 1. The van der Waals surface area contributed by atoms with Gasteiger partial charge < -0.3 is 9.88 Å². The molecule has 1 saturated heterocycles. The highest BCUT2D eigenvalue weighted by Crippen LogP contribution is 2.19. The van der Waals surface area contributed by atoms with Crippen molar-refractivity contribution in [2.45, 2.75) is 26.8 Å². The smallest absolute Gasteiger partial charge is 0.254 e. The summed E-state index contributed by atoms with van der Waals surface area (Å²) in [5, 5.41) is 0. The van der Waals surface area contributed by atoms with Gasteiger partial charge in [0.05, 0.1) is 0 Å². The maximum absolute atomic E-state index is 12.0. The highest BCUT2D eigenvalue weighted by molar-refractivity contribution is 5.55. The van der Waals surface area contributed by atoms with Crippen molar-refractivity contribution in [2.24, 2.45) is 0 Å². The molecule has 0 bridgehead atoms. The van der Waals surface area contributed by atoms with Gasteiger partial charge in [-0.05, 0) is 38.0 Å². The highest BCUT2D eigenvalue weighted by Gasteiger charge is 2.15. The van der Waals surface area contributed by atoms with E-state index in [1.165, 1.54) is 17.7 Å². The second-order valence-corrected chi connectivity index (χ2v) is 7.77. The highest BCUT2D eigenvalue weighted by atomic mass is 16.1. The van der Waals surface area contributed by atoms with Gasteiger partial charge in [-0.2, -0.15) is 0 Å². The van der Waals surface area contributed by atoms with Crippen molar-refractivity contribution in [3.05, 3.63) is 81.8 Å². The summed E-state index contributed by atoms with van der Waals surface area (Å²) in [6.45, 7) is 8.94. The third-order valence-electron chi connectivity index (χ3n) is 5.74. The predicted molar refractivity (Wildman–Crippen MR) is 118 cm³/mol. The van der Waals surface area contributed by atoms with Crippen LogP contribution in [-0.2, 0) is 6.54 Å². The van der Waals surface area contributed by atoms with Crippen molar-refractivity contribution in [2.75, 3.05) is 31.1 Å². The molecule has 0 spiro atoms. The summed E-state index contributed by atoms with van der Waals surface area (Å²) in [7, 11) is 0.